The molecule has 1 unspecified atom stereocenters. The topological polar surface area (TPSA) is 26.3 Å². The Bertz CT molecular complexity index is 227. The summed E-state index contributed by atoms with van der Waals surface area (Å²) in [5.74, 6) is 0.369. The van der Waals surface area contributed by atoms with Gasteiger partial charge in [-0.15, -0.1) is 0 Å². The summed E-state index contributed by atoms with van der Waals surface area (Å²) in [5, 5.41) is 0. The van der Waals surface area contributed by atoms with Crippen molar-refractivity contribution in [1.82, 2.24) is 0 Å². The van der Waals surface area contributed by atoms with E-state index in [2.05, 4.69) is 13.5 Å². The van der Waals surface area contributed by atoms with Crippen LogP contribution in [-0.4, -0.2) is 12.1 Å². The average molecular weight is 210 g/mol. The van der Waals surface area contributed by atoms with Crippen LogP contribution in [0.25, 0.3) is 0 Å². The molecule has 0 aliphatic heterocycles. The molecular weight excluding hydrogens is 188 g/mol. The smallest absolute Gasteiger partial charge is 0.333 e. The maximum atomic E-state index is 11.5. The largest absolute Gasteiger partial charge is 0.459 e. The Morgan fingerprint density at radius 3 is 2.53 bits per heavy atom. The van der Waals surface area contributed by atoms with Gasteiger partial charge in [0.05, 0.1) is 0 Å². The second-order valence-electron chi connectivity index (χ2n) is 4.56. The molecule has 2 nitrogen and oxygen atoms in total. The molecular formula is C13H22O2. The molecule has 0 amide bonds. The normalized spacial score (nSPS) is 18.8. The minimum atomic E-state index is -0.222. The van der Waals surface area contributed by atoms with Gasteiger partial charge in [-0.1, -0.05) is 32.8 Å². The van der Waals surface area contributed by atoms with Gasteiger partial charge in [0.15, 0.2) is 0 Å². The van der Waals surface area contributed by atoms with Gasteiger partial charge in [0.1, 0.15) is 6.10 Å². The van der Waals surface area contributed by atoms with Crippen molar-refractivity contribution < 1.29 is 9.53 Å². The minimum Gasteiger partial charge on any atom is -0.459 e. The quantitative estimate of drug-likeness (QED) is 0.513. The predicted octanol–water partition coefficient (Wildman–Crippen LogP) is 3.46. The molecule has 1 atom stereocenters. The first kappa shape index (κ1) is 12.3. The Morgan fingerprint density at radius 1 is 1.47 bits per heavy atom. The average Bonchev–Trinajstić information content (AvgIpc) is 2.69. The summed E-state index contributed by atoms with van der Waals surface area (Å²) >= 11 is 0. The van der Waals surface area contributed by atoms with Gasteiger partial charge < -0.3 is 4.74 Å². The van der Waals surface area contributed by atoms with Crippen LogP contribution in [0.2, 0.25) is 0 Å². The van der Waals surface area contributed by atoms with Gasteiger partial charge in [-0.2, -0.15) is 0 Å². The lowest BCUT2D eigenvalue weighted by Gasteiger charge is -2.23. The highest BCUT2D eigenvalue weighted by molar-refractivity contribution is 5.87. The van der Waals surface area contributed by atoms with Gasteiger partial charge in [0, 0.05) is 5.57 Å². The first-order valence-corrected chi connectivity index (χ1v) is 6.01. The zero-order chi connectivity index (χ0) is 11.3. The number of carbonyl (C=O) groups is 1. The van der Waals surface area contributed by atoms with Crippen LogP contribution in [0.4, 0.5) is 0 Å². The molecule has 86 valence electrons. The lowest BCUT2D eigenvalue weighted by Crippen LogP contribution is -2.25. The van der Waals surface area contributed by atoms with Crippen molar-refractivity contribution in [2.75, 3.05) is 0 Å². The molecule has 0 spiro atoms. The van der Waals surface area contributed by atoms with Crippen LogP contribution in [0.3, 0.4) is 0 Å². The maximum absolute atomic E-state index is 11.5. The summed E-state index contributed by atoms with van der Waals surface area (Å²) in [7, 11) is 0. The van der Waals surface area contributed by atoms with Gasteiger partial charge in [-0.25, -0.2) is 4.79 Å². The Balaban J connectivity index is 2.49. The number of hydrogen-bond donors (Lipinski definition) is 0. The Labute approximate surface area is 92.7 Å². The molecule has 0 heterocycles. The molecule has 0 N–H and O–H groups in total. The number of rotatable bonds is 5. The fraction of sp³-hybridized carbons (Fsp3) is 0.769. The van der Waals surface area contributed by atoms with E-state index in [1.165, 1.54) is 25.7 Å². The van der Waals surface area contributed by atoms with Crippen molar-refractivity contribution in [1.29, 1.82) is 0 Å². The monoisotopic (exact) mass is 210 g/mol. The van der Waals surface area contributed by atoms with E-state index in [9.17, 15) is 4.79 Å². The first-order valence-electron chi connectivity index (χ1n) is 6.01. The van der Waals surface area contributed by atoms with Gasteiger partial charge in [0.2, 0.25) is 0 Å². The van der Waals surface area contributed by atoms with Gasteiger partial charge in [-0.3, -0.25) is 0 Å². The van der Waals surface area contributed by atoms with Crippen molar-refractivity contribution in [2.45, 2.75) is 58.5 Å². The van der Waals surface area contributed by atoms with Crippen LogP contribution < -0.4 is 0 Å². The predicted molar refractivity (Wildman–Crippen MR) is 61.6 cm³/mol. The summed E-state index contributed by atoms with van der Waals surface area (Å²) in [6.45, 7) is 7.46. The number of esters is 1. The van der Waals surface area contributed by atoms with Crippen LogP contribution in [0.15, 0.2) is 12.2 Å². The minimum absolute atomic E-state index is 0.127. The summed E-state index contributed by atoms with van der Waals surface area (Å²) in [6, 6.07) is 0. The van der Waals surface area contributed by atoms with E-state index in [4.69, 9.17) is 4.74 Å². The second-order valence-corrected chi connectivity index (χ2v) is 4.56. The van der Waals surface area contributed by atoms with E-state index < -0.39 is 0 Å². The van der Waals surface area contributed by atoms with Crippen LogP contribution >= 0.6 is 0 Å². The van der Waals surface area contributed by atoms with E-state index in [0.717, 1.165) is 12.8 Å². The zero-order valence-corrected chi connectivity index (χ0v) is 9.92. The third-order valence-electron chi connectivity index (χ3n) is 3.11. The van der Waals surface area contributed by atoms with Crippen molar-refractivity contribution in [2.24, 2.45) is 5.92 Å². The Morgan fingerprint density at radius 2 is 2.07 bits per heavy atom. The number of hydrogen-bond acceptors (Lipinski definition) is 2. The van der Waals surface area contributed by atoms with Crippen LogP contribution in [0.5, 0.6) is 0 Å². The molecule has 0 radical (unpaired) electrons. The van der Waals surface area contributed by atoms with E-state index in [1.807, 2.05) is 0 Å². The van der Waals surface area contributed by atoms with Crippen LogP contribution in [0.1, 0.15) is 52.4 Å². The summed E-state index contributed by atoms with van der Waals surface area (Å²) in [6.07, 6.45) is 7.20. The molecule has 15 heavy (non-hydrogen) atoms. The highest BCUT2D eigenvalue weighted by atomic mass is 16.5. The summed E-state index contributed by atoms with van der Waals surface area (Å²) < 4.78 is 5.50. The highest BCUT2D eigenvalue weighted by Gasteiger charge is 2.27. The third-order valence-corrected chi connectivity index (χ3v) is 3.11. The van der Waals surface area contributed by atoms with Crippen molar-refractivity contribution >= 4 is 5.97 Å². The standard InChI is InChI=1S/C13H22O2/c1-4-7-12(11-8-5-6-9-11)15-13(14)10(2)3/h11-12H,2,4-9H2,1,3H3. The molecule has 0 aromatic carbocycles. The van der Waals surface area contributed by atoms with E-state index in [1.54, 1.807) is 6.92 Å². The first-order chi connectivity index (χ1) is 7.15. The van der Waals surface area contributed by atoms with Crippen LogP contribution in [-0.2, 0) is 9.53 Å². The molecule has 1 aliphatic rings. The molecule has 1 aliphatic carbocycles. The molecule has 1 fully saturated rings. The Hall–Kier alpha value is -0.790. The van der Waals surface area contributed by atoms with Crippen molar-refractivity contribution in [3.05, 3.63) is 12.2 Å². The molecule has 0 saturated heterocycles. The fourth-order valence-corrected chi connectivity index (χ4v) is 2.24. The SMILES string of the molecule is C=C(C)C(=O)OC(CCC)C1CCCC1. The highest BCUT2D eigenvalue weighted by Crippen LogP contribution is 2.31. The molecule has 1 saturated carbocycles. The van der Waals surface area contributed by atoms with Gasteiger partial charge >= 0.3 is 5.97 Å². The summed E-state index contributed by atoms with van der Waals surface area (Å²) in [5.41, 5.74) is 0.508. The van der Waals surface area contributed by atoms with E-state index in [0.29, 0.717) is 11.5 Å². The molecule has 2 heteroatoms. The lowest BCUT2D eigenvalue weighted by atomic mass is 9.97. The molecule has 0 aromatic rings. The molecule has 1 rings (SSSR count). The fourth-order valence-electron chi connectivity index (χ4n) is 2.24. The maximum Gasteiger partial charge on any atom is 0.333 e. The Kier molecular flexibility index (Phi) is 4.86. The lowest BCUT2D eigenvalue weighted by molar-refractivity contribution is -0.147. The van der Waals surface area contributed by atoms with Crippen molar-refractivity contribution in [3.63, 3.8) is 0 Å². The van der Waals surface area contributed by atoms with E-state index in [-0.39, 0.29) is 12.1 Å². The van der Waals surface area contributed by atoms with Gasteiger partial charge in [0.25, 0.3) is 0 Å². The summed E-state index contributed by atoms with van der Waals surface area (Å²) in [4.78, 5) is 11.5. The second kappa shape index (κ2) is 5.94. The molecule has 0 aromatic heterocycles. The van der Waals surface area contributed by atoms with E-state index >= 15 is 0 Å². The number of carbonyl (C=O) groups excluding carboxylic acids is 1. The zero-order valence-electron chi connectivity index (χ0n) is 9.92. The van der Waals surface area contributed by atoms with Crippen LogP contribution in [0, 0.1) is 5.92 Å². The number of ether oxygens (including phenoxy) is 1. The van der Waals surface area contributed by atoms with Crippen molar-refractivity contribution in [3.8, 4) is 0 Å². The third kappa shape index (κ3) is 3.69. The van der Waals surface area contributed by atoms with Gasteiger partial charge in [-0.05, 0) is 32.1 Å². The molecule has 0 bridgehead atoms.